The van der Waals surface area contributed by atoms with Gasteiger partial charge in [0.1, 0.15) is 5.69 Å². The zero-order chi connectivity index (χ0) is 39.2. The van der Waals surface area contributed by atoms with Gasteiger partial charge in [-0.1, -0.05) is 197 Å². The van der Waals surface area contributed by atoms with Crippen LogP contribution >= 0.6 is 0 Å². The van der Waals surface area contributed by atoms with E-state index in [0.717, 1.165) is 51.2 Å². The summed E-state index contributed by atoms with van der Waals surface area (Å²) in [7, 11) is -5.00. The second kappa shape index (κ2) is 21.5. The molecular weight excluding hydrogens is 743 g/mol. The Bertz CT molecular complexity index is 2540. The van der Waals surface area contributed by atoms with Gasteiger partial charge >= 0.3 is 17.2 Å². The lowest BCUT2D eigenvalue weighted by Gasteiger charge is -2.11. The summed E-state index contributed by atoms with van der Waals surface area (Å²) in [5.74, 6) is -0.0500. The van der Waals surface area contributed by atoms with E-state index < -0.39 is 17.2 Å². The van der Waals surface area contributed by atoms with Crippen molar-refractivity contribution in [3.63, 3.8) is 0 Å². The van der Waals surface area contributed by atoms with Crippen molar-refractivity contribution in [3.05, 3.63) is 194 Å². The Morgan fingerprint density at radius 1 is 0.448 bits per heavy atom. The minimum Gasteiger partial charge on any atom is -0.423 e. The van der Waals surface area contributed by atoms with Gasteiger partial charge in [0, 0.05) is 27.8 Å². The summed E-state index contributed by atoms with van der Waals surface area (Å²) in [4.78, 5) is 18.4. The summed E-state index contributed by atoms with van der Waals surface area (Å²) in [6.45, 7) is 0. The fourth-order valence-electron chi connectivity index (χ4n) is 5.54. The van der Waals surface area contributed by atoms with Crippen molar-refractivity contribution in [3.8, 4) is 62.2 Å². The third-order valence-electron chi connectivity index (χ3n) is 8.12. The molecular formula is C47H45BN4O5S. The molecule has 0 saturated heterocycles. The maximum atomic E-state index is 11.3. The molecule has 2 N–H and O–H groups in total. The van der Waals surface area contributed by atoms with Gasteiger partial charge in [-0.25, -0.2) is 15.0 Å². The van der Waals surface area contributed by atoms with Crippen LogP contribution < -0.4 is 9.65 Å². The van der Waals surface area contributed by atoms with Crippen LogP contribution in [0.2, 0.25) is 0 Å². The number of rotatable bonds is 8. The van der Waals surface area contributed by atoms with Crippen molar-refractivity contribution in [2.75, 3.05) is 6.26 Å². The number of nitrogens with zero attached hydrogens (tertiary/aromatic N) is 4. The third-order valence-corrected chi connectivity index (χ3v) is 8.59. The van der Waals surface area contributed by atoms with Gasteiger partial charge in [-0.2, -0.15) is 8.42 Å². The molecule has 0 bridgehead atoms. The minimum atomic E-state index is -3.66. The van der Waals surface area contributed by atoms with Crippen LogP contribution in [0.15, 0.2) is 194 Å². The van der Waals surface area contributed by atoms with Crippen molar-refractivity contribution in [1.82, 2.24) is 19.9 Å². The average Bonchev–Trinajstić information content (AvgIpc) is 3.25. The van der Waals surface area contributed by atoms with Crippen LogP contribution in [0.1, 0.15) is 14.9 Å². The fraction of sp³-hybridized carbons (Fsp3) is 0.0638. The second-order valence-electron chi connectivity index (χ2n) is 12.3. The summed E-state index contributed by atoms with van der Waals surface area (Å²) in [6.07, 6.45) is 4.14. The van der Waals surface area contributed by atoms with Crippen molar-refractivity contribution < 1.29 is 22.6 Å². The van der Waals surface area contributed by atoms with Gasteiger partial charge in [-0.3, -0.25) is 4.98 Å². The largest absolute Gasteiger partial charge is 0.488 e. The van der Waals surface area contributed by atoms with E-state index in [4.69, 9.17) is 24.2 Å². The summed E-state index contributed by atoms with van der Waals surface area (Å²) in [5, 5.41) is 17.2. The van der Waals surface area contributed by atoms with Crippen molar-refractivity contribution in [2.24, 2.45) is 0 Å². The summed E-state index contributed by atoms with van der Waals surface area (Å²) in [6, 6.07) is 58.3. The molecule has 0 unspecified atom stereocenters. The van der Waals surface area contributed by atoms with Gasteiger partial charge in [0.2, 0.25) is 0 Å². The number of hydrogen-bond donors (Lipinski definition) is 2. The first kappa shape index (κ1) is 43.9. The standard InChI is InChI=1S/C22H16N2.C17H14N2O3S.C6H7BO2.2CH4/c1-4-10-17(11-5-1)20-16-23-21(18-12-6-2-7-13-18)22(24-20)19-14-8-3-9-15-19;1-23(20,21)22-15-12-18-16(13-8-4-2-5-9-13)17(19-15)14-10-6-3-7-11-14;8-7(9)6-4-2-1-3-5-6;;/h1-16H;2-12H,1H3;1-5,8-9H;2*1H4. The number of benzene rings is 6. The highest BCUT2D eigenvalue weighted by atomic mass is 32.2. The first-order valence-electron chi connectivity index (χ1n) is 17.6. The van der Waals surface area contributed by atoms with Gasteiger partial charge in [0.25, 0.3) is 5.88 Å². The predicted octanol–water partition coefficient (Wildman–Crippen LogP) is 9.27. The summed E-state index contributed by atoms with van der Waals surface area (Å²) in [5.41, 5.74) is 9.39. The number of aromatic nitrogens is 4. The van der Waals surface area contributed by atoms with E-state index in [2.05, 4.69) is 46.4 Å². The van der Waals surface area contributed by atoms with Crippen LogP contribution in [0, 0.1) is 0 Å². The van der Waals surface area contributed by atoms with Crippen molar-refractivity contribution in [1.29, 1.82) is 0 Å². The van der Waals surface area contributed by atoms with Gasteiger partial charge in [0.05, 0.1) is 41.4 Å². The Hall–Kier alpha value is -6.79. The highest BCUT2D eigenvalue weighted by Crippen LogP contribution is 2.32. The molecule has 0 fully saturated rings. The Balaban J connectivity index is 0.000000206. The number of hydrogen-bond acceptors (Lipinski definition) is 9. The zero-order valence-electron chi connectivity index (χ0n) is 30.4. The molecule has 0 saturated carbocycles. The van der Waals surface area contributed by atoms with Crippen molar-refractivity contribution in [2.45, 2.75) is 14.9 Å². The molecule has 11 heteroatoms. The normalized spacial score (nSPS) is 10.2. The topological polar surface area (TPSA) is 135 Å². The molecule has 0 amide bonds. The van der Waals surface area contributed by atoms with E-state index in [0.29, 0.717) is 16.9 Å². The van der Waals surface area contributed by atoms with Crippen LogP contribution in [-0.2, 0) is 10.1 Å². The molecule has 0 radical (unpaired) electrons. The first-order valence-corrected chi connectivity index (χ1v) is 19.4. The molecule has 0 aliphatic carbocycles. The Morgan fingerprint density at radius 3 is 1.14 bits per heavy atom. The molecule has 292 valence electrons. The lowest BCUT2D eigenvalue weighted by molar-refractivity contribution is 0.425. The van der Waals surface area contributed by atoms with E-state index in [9.17, 15) is 8.42 Å². The molecule has 6 aromatic carbocycles. The van der Waals surface area contributed by atoms with Crippen LogP contribution in [0.5, 0.6) is 5.88 Å². The molecule has 0 aliphatic heterocycles. The van der Waals surface area contributed by atoms with E-state index >= 15 is 0 Å². The van der Waals surface area contributed by atoms with Crippen LogP contribution in [0.25, 0.3) is 56.3 Å². The molecule has 2 aromatic heterocycles. The van der Waals surface area contributed by atoms with E-state index in [1.165, 1.54) is 6.20 Å². The zero-order valence-corrected chi connectivity index (χ0v) is 31.2. The maximum Gasteiger partial charge on any atom is 0.488 e. The van der Waals surface area contributed by atoms with Crippen molar-refractivity contribution >= 4 is 22.7 Å². The van der Waals surface area contributed by atoms with Gasteiger partial charge < -0.3 is 14.2 Å². The predicted molar refractivity (Wildman–Crippen MR) is 236 cm³/mol. The Morgan fingerprint density at radius 2 is 0.776 bits per heavy atom. The maximum absolute atomic E-state index is 11.3. The van der Waals surface area contributed by atoms with E-state index in [1.807, 2.05) is 128 Å². The van der Waals surface area contributed by atoms with E-state index in [1.54, 1.807) is 24.3 Å². The van der Waals surface area contributed by atoms with E-state index in [-0.39, 0.29) is 20.7 Å². The smallest absolute Gasteiger partial charge is 0.423 e. The quantitative estimate of drug-likeness (QED) is 0.114. The third kappa shape index (κ3) is 12.4. The summed E-state index contributed by atoms with van der Waals surface area (Å²) < 4.78 is 27.5. The Kier molecular flexibility index (Phi) is 16.3. The average molecular weight is 789 g/mol. The van der Waals surface area contributed by atoms with Crippen LogP contribution in [-0.4, -0.2) is 51.8 Å². The first-order chi connectivity index (χ1) is 27.2. The second-order valence-corrected chi connectivity index (χ2v) is 13.8. The molecule has 0 atom stereocenters. The van der Waals surface area contributed by atoms with Gasteiger partial charge in [0.15, 0.2) is 0 Å². The molecule has 2 heterocycles. The molecule has 8 rings (SSSR count). The van der Waals surface area contributed by atoms with Crippen LogP contribution in [0.3, 0.4) is 0 Å². The monoisotopic (exact) mass is 788 g/mol. The van der Waals surface area contributed by atoms with Gasteiger partial charge in [-0.15, -0.1) is 0 Å². The molecule has 0 spiro atoms. The molecule has 0 aliphatic rings. The lowest BCUT2D eigenvalue weighted by Crippen LogP contribution is -2.29. The fourth-order valence-corrected chi connectivity index (χ4v) is 5.93. The van der Waals surface area contributed by atoms with Crippen LogP contribution in [0.4, 0.5) is 0 Å². The SMILES string of the molecule is C.C.CS(=O)(=O)Oc1cnc(-c2ccccc2)c(-c2ccccc2)n1.OB(O)c1ccccc1.c1ccc(-c2cnc(-c3ccccc3)c(-c3ccccc3)n2)cc1. The highest BCUT2D eigenvalue weighted by molar-refractivity contribution is 7.86. The molecule has 8 aromatic rings. The minimum absolute atomic E-state index is 0. The molecule has 58 heavy (non-hydrogen) atoms. The van der Waals surface area contributed by atoms with Gasteiger partial charge in [-0.05, 0) is 5.46 Å². The Labute approximate surface area is 341 Å². The molecule has 9 nitrogen and oxygen atoms in total. The summed E-state index contributed by atoms with van der Waals surface area (Å²) >= 11 is 0. The highest BCUT2D eigenvalue weighted by Gasteiger charge is 2.15. The lowest BCUT2D eigenvalue weighted by atomic mass is 9.81.